The molecule has 1 atom stereocenters. The largest absolute Gasteiger partial charge is 0.382 e. The maximum Gasteiger partial charge on any atom is 0.221 e. The lowest BCUT2D eigenvalue weighted by Crippen LogP contribution is -2.39. The lowest BCUT2D eigenvalue weighted by molar-refractivity contribution is -0.121. The molecule has 1 fully saturated rings. The fraction of sp³-hybridized carbons (Fsp3) is 0.917. The Hall–Kier alpha value is -0.610. The normalized spacial score (nSPS) is 20.7. The molecule has 0 aromatic heterocycles. The van der Waals surface area contributed by atoms with Crippen LogP contribution in [0, 0.1) is 0 Å². The molecule has 1 amide bonds. The second-order valence-corrected chi connectivity index (χ2v) is 4.25. The van der Waals surface area contributed by atoms with Gasteiger partial charge in [0, 0.05) is 32.2 Å². The maximum atomic E-state index is 11.6. The van der Waals surface area contributed by atoms with E-state index in [1.807, 2.05) is 6.92 Å². The van der Waals surface area contributed by atoms with Crippen molar-refractivity contribution in [1.29, 1.82) is 0 Å². The van der Waals surface area contributed by atoms with Crippen molar-refractivity contribution in [3.8, 4) is 0 Å². The average Bonchev–Trinajstić information content (AvgIpc) is 2.30. The first-order valence-electron chi connectivity index (χ1n) is 6.40. The van der Waals surface area contributed by atoms with Crippen LogP contribution in [0.5, 0.6) is 0 Å². The number of piperidine rings is 1. The van der Waals surface area contributed by atoms with Crippen molar-refractivity contribution < 1.29 is 9.53 Å². The standard InChI is InChI=1S/C12H24N2O2/c1-2-16-9-5-8-14-12(15)10-11-6-3-4-7-13-11/h11,13H,2-10H2,1H3,(H,14,15). The lowest BCUT2D eigenvalue weighted by atomic mass is 10.0. The molecule has 1 aliphatic heterocycles. The van der Waals surface area contributed by atoms with Crippen LogP contribution in [-0.2, 0) is 9.53 Å². The number of amides is 1. The number of carbonyl (C=O) groups is 1. The molecule has 1 rings (SSSR count). The molecule has 0 spiro atoms. The predicted octanol–water partition coefficient (Wildman–Crippen LogP) is 1.06. The van der Waals surface area contributed by atoms with Crippen LogP contribution in [-0.4, -0.2) is 38.3 Å². The topological polar surface area (TPSA) is 50.4 Å². The quantitative estimate of drug-likeness (QED) is 0.641. The summed E-state index contributed by atoms with van der Waals surface area (Å²) in [6.07, 6.45) is 5.14. The molecule has 1 unspecified atom stereocenters. The zero-order valence-corrected chi connectivity index (χ0v) is 10.3. The van der Waals surface area contributed by atoms with Crippen LogP contribution in [0.2, 0.25) is 0 Å². The van der Waals surface area contributed by atoms with E-state index in [2.05, 4.69) is 10.6 Å². The summed E-state index contributed by atoms with van der Waals surface area (Å²) in [5.74, 6) is 0.163. The molecule has 0 aromatic carbocycles. The van der Waals surface area contributed by atoms with Crippen LogP contribution in [0.25, 0.3) is 0 Å². The van der Waals surface area contributed by atoms with Gasteiger partial charge in [-0.3, -0.25) is 4.79 Å². The van der Waals surface area contributed by atoms with Crippen LogP contribution < -0.4 is 10.6 Å². The van der Waals surface area contributed by atoms with Crippen LogP contribution in [0.4, 0.5) is 0 Å². The molecule has 0 aromatic rings. The second-order valence-electron chi connectivity index (χ2n) is 4.25. The van der Waals surface area contributed by atoms with Gasteiger partial charge in [-0.2, -0.15) is 0 Å². The van der Waals surface area contributed by atoms with Gasteiger partial charge in [0.1, 0.15) is 0 Å². The molecule has 0 bridgehead atoms. The number of hydrogen-bond donors (Lipinski definition) is 2. The minimum absolute atomic E-state index is 0.163. The molecule has 2 N–H and O–H groups in total. The van der Waals surface area contributed by atoms with Gasteiger partial charge in [-0.05, 0) is 32.7 Å². The van der Waals surface area contributed by atoms with E-state index in [4.69, 9.17) is 4.74 Å². The Bertz CT molecular complexity index is 191. The van der Waals surface area contributed by atoms with E-state index in [0.29, 0.717) is 12.5 Å². The van der Waals surface area contributed by atoms with E-state index in [9.17, 15) is 4.79 Å². The second kappa shape index (κ2) is 8.53. The van der Waals surface area contributed by atoms with E-state index in [1.165, 1.54) is 12.8 Å². The number of hydrogen-bond acceptors (Lipinski definition) is 3. The monoisotopic (exact) mass is 228 g/mol. The molecule has 16 heavy (non-hydrogen) atoms. The Labute approximate surface area is 98.1 Å². The summed E-state index contributed by atoms with van der Waals surface area (Å²) in [6.45, 7) is 5.25. The third-order valence-electron chi connectivity index (χ3n) is 2.84. The van der Waals surface area contributed by atoms with Crippen LogP contribution in [0.15, 0.2) is 0 Å². The summed E-state index contributed by atoms with van der Waals surface area (Å²) in [7, 11) is 0. The number of carbonyl (C=O) groups excluding carboxylic acids is 1. The maximum absolute atomic E-state index is 11.6. The van der Waals surface area contributed by atoms with Crippen LogP contribution in [0.3, 0.4) is 0 Å². The fourth-order valence-corrected chi connectivity index (χ4v) is 1.94. The zero-order chi connectivity index (χ0) is 11.6. The SMILES string of the molecule is CCOCCCNC(=O)CC1CCCCN1. The highest BCUT2D eigenvalue weighted by Gasteiger charge is 2.15. The molecule has 0 saturated carbocycles. The Balaban J connectivity index is 1.97. The molecule has 4 nitrogen and oxygen atoms in total. The highest BCUT2D eigenvalue weighted by Crippen LogP contribution is 2.09. The van der Waals surface area contributed by atoms with Crippen molar-refractivity contribution in [2.24, 2.45) is 0 Å². The Morgan fingerprint density at radius 1 is 1.50 bits per heavy atom. The van der Waals surface area contributed by atoms with Crippen LogP contribution >= 0.6 is 0 Å². The highest BCUT2D eigenvalue weighted by atomic mass is 16.5. The van der Waals surface area contributed by atoms with E-state index < -0.39 is 0 Å². The smallest absolute Gasteiger partial charge is 0.221 e. The van der Waals surface area contributed by atoms with E-state index >= 15 is 0 Å². The zero-order valence-electron chi connectivity index (χ0n) is 10.3. The molecule has 1 aliphatic rings. The summed E-state index contributed by atoms with van der Waals surface area (Å²) in [5, 5.41) is 6.31. The highest BCUT2D eigenvalue weighted by molar-refractivity contribution is 5.76. The van der Waals surface area contributed by atoms with Crippen LogP contribution in [0.1, 0.15) is 39.0 Å². The summed E-state index contributed by atoms with van der Waals surface area (Å²) in [6, 6.07) is 0.389. The van der Waals surface area contributed by atoms with Crippen molar-refractivity contribution in [3.05, 3.63) is 0 Å². The van der Waals surface area contributed by atoms with Gasteiger partial charge >= 0.3 is 0 Å². The van der Waals surface area contributed by atoms with Crippen molar-refractivity contribution >= 4 is 5.91 Å². The van der Waals surface area contributed by atoms with Crippen molar-refractivity contribution in [3.63, 3.8) is 0 Å². The first kappa shape index (κ1) is 13.5. The lowest BCUT2D eigenvalue weighted by Gasteiger charge is -2.22. The van der Waals surface area contributed by atoms with Crippen molar-refractivity contribution in [1.82, 2.24) is 10.6 Å². The van der Waals surface area contributed by atoms with Gasteiger partial charge in [-0.25, -0.2) is 0 Å². The third kappa shape index (κ3) is 6.08. The molecule has 94 valence electrons. The summed E-state index contributed by atoms with van der Waals surface area (Å²) in [4.78, 5) is 11.6. The Kier molecular flexibility index (Phi) is 7.17. The first-order valence-corrected chi connectivity index (χ1v) is 6.40. The van der Waals surface area contributed by atoms with Crippen molar-refractivity contribution in [2.45, 2.75) is 45.1 Å². The molecule has 0 radical (unpaired) electrons. The van der Waals surface area contributed by atoms with E-state index in [0.717, 1.165) is 39.1 Å². The molecule has 0 aliphatic carbocycles. The summed E-state index contributed by atoms with van der Waals surface area (Å²) in [5.41, 5.74) is 0. The number of ether oxygens (including phenoxy) is 1. The van der Waals surface area contributed by atoms with Gasteiger partial charge in [0.2, 0.25) is 5.91 Å². The predicted molar refractivity (Wildman–Crippen MR) is 64.4 cm³/mol. The molecular formula is C12H24N2O2. The van der Waals surface area contributed by atoms with Crippen molar-refractivity contribution in [2.75, 3.05) is 26.3 Å². The van der Waals surface area contributed by atoms with Gasteiger partial charge < -0.3 is 15.4 Å². The summed E-state index contributed by atoms with van der Waals surface area (Å²) < 4.78 is 5.20. The third-order valence-corrected chi connectivity index (χ3v) is 2.84. The first-order chi connectivity index (χ1) is 7.83. The average molecular weight is 228 g/mol. The molecule has 4 heteroatoms. The Morgan fingerprint density at radius 3 is 3.06 bits per heavy atom. The van der Waals surface area contributed by atoms with E-state index in [-0.39, 0.29) is 5.91 Å². The molecular weight excluding hydrogens is 204 g/mol. The van der Waals surface area contributed by atoms with E-state index in [1.54, 1.807) is 0 Å². The number of nitrogens with one attached hydrogen (secondary N) is 2. The molecule has 1 heterocycles. The molecule has 1 saturated heterocycles. The van der Waals surface area contributed by atoms with Gasteiger partial charge in [0.05, 0.1) is 0 Å². The minimum Gasteiger partial charge on any atom is -0.382 e. The van der Waals surface area contributed by atoms with Gasteiger partial charge in [-0.1, -0.05) is 6.42 Å². The van der Waals surface area contributed by atoms with Gasteiger partial charge in [-0.15, -0.1) is 0 Å². The summed E-state index contributed by atoms with van der Waals surface area (Å²) >= 11 is 0. The Morgan fingerprint density at radius 2 is 2.38 bits per heavy atom. The minimum atomic E-state index is 0.163. The number of rotatable bonds is 7. The fourth-order valence-electron chi connectivity index (χ4n) is 1.94. The van der Waals surface area contributed by atoms with Gasteiger partial charge in [0.25, 0.3) is 0 Å². The van der Waals surface area contributed by atoms with Gasteiger partial charge in [0.15, 0.2) is 0 Å².